The van der Waals surface area contributed by atoms with Crippen molar-refractivity contribution in [3.05, 3.63) is 53.1 Å². The van der Waals surface area contributed by atoms with Gasteiger partial charge in [-0.05, 0) is 43.7 Å². The van der Waals surface area contributed by atoms with E-state index in [2.05, 4.69) is 0 Å². The lowest BCUT2D eigenvalue weighted by molar-refractivity contribution is -0.119. The second-order valence-electron chi connectivity index (χ2n) is 6.36. The highest BCUT2D eigenvalue weighted by Crippen LogP contribution is 2.38. The van der Waals surface area contributed by atoms with Gasteiger partial charge in [-0.3, -0.25) is 9.59 Å². The van der Waals surface area contributed by atoms with Crippen LogP contribution in [-0.4, -0.2) is 32.1 Å². The van der Waals surface area contributed by atoms with Gasteiger partial charge in [0.1, 0.15) is 10.8 Å². The minimum absolute atomic E-state index is 0.0314. The van der Waals surface area contributed by atoms with Gasteiger partial charge in [0.2, 0.25) is 0 Å². The van der Waals surface area contributed by atoms with Gasteiger partial charge < -0.3 is 14.2 Å². The zero-order valence-electron chi connectivity index (χ0n) is 16.0. The summed E-state index contributed by atoms with van der Waals surface area (Å²) >= 11 is 6.24. The van der Waals surface area contributed by atoms with Crippen LogP contribution in [0.5, 0.6) is 17.2 Å². The smallest absolute Gasteiger partial charge is 0.277 e. The first kappa shape index (κ1) is 19.8. The molecular weight excluding hydrogens is 382 g/mol. The highest BCUT2D eigenvalue weighted by molar-refractivity contribution is 6.60. The third kappa shape index (κ3) is 3.55. The van der Waals surface area contributed by atoms with Gasteiger partial charge in [-0.15, -0.1) is 0 Å². The highest BCUT2D eigenvalue weighted by atomic mass is 35.5. The van der Waals surface area contributed by atoms with Crippen molar-refractivity contribution in [3.8, 4) is 17.2 Å². The van der Waals surface area contributed by atoms with Crippen LogP contribution in [0.3, 0.4) is 0 Å². The molecule has 1 aliphatic heterocycles. The number of carbonyl (C=O) groups is 2. The summed E-state index contributed by atoms with van der Waals surface area (Å²) < 4.78 is 16.1. The van der Waals surface area contributed by atoms with E-state index in [9.17, 15) is 9.59 Å². The monoisotopic (exact) mass is 401 g/mol. The van der Waals surface area contributed by atoms with Gasteiger partial charge in [-0.1, -0.05) is 23.7 Å². The molecule has 28 heavy (non-hydrogen) atoms. The molecule has 2 aromatic carbocycles. The molecule has 0 bridgehead atoms. The molecule has 6 nitrogen and oxygen atoms in total. The molecule has 1 aliphatic rings. The molecule has 0 saturated carbocycles. The fourth-order valence-corrected chi connectivity index (χ4v) is 3.20. The second kappa shape index (κ2) is 7.94. The normalized spacial score (nSPS) is 14.1. The first-order valence-corrected chi connectivity index (χ1v) is 9.02. The number of carbonyl (C=O) groups excluding carboxylic acids is 2. The summed E-state index contributed by atoms with van der Waals surface area (Å²) in [6.07, 6.45) is 0.0314. The molecule has 3 rings (SSSR count). The third-order valence-corrected chi connectivity index (χ3v) is 4.52. The number of anilines is 1. The van der Waals surface area contributed by atoms with E-state index in [0.29, 0.717) is 28.5 Å². The molecule has 146 valence electrons. The number of methoxy groups -OCH3 is 2. The third-order valence-electron chi connectivity index (χ3n) is 4.17. The minimum atomic E-state index is -0.587. The van der Waals surface area contributed by atoms with E-state index < -0.39 is 11.8 Å². The van der Waals surface area contributed by atoms with Crippen LogP contribution >= 0.6 is 11.6 Å². The maximum absolute atomic E-state index is 13.0. The van der Waals surface area contributed by atoms with E-state index in [1.165, 1.54) is 14.2 Å². The molecule has 0 spiro atoms. The maximum atomic E-state index is 13.0. The lowest BCUT2D eigenvalue weighted by Gasteiger charge is -2.17. The Morgan fingerprint density at radius 3 is 2.11 bits per heavy atom. The van der Waals surface area contributed by atoms with Crippen molar-refractivity contribution in [2.75, 3.05) is 19.1 Å². The van der Waals surface area contributed by atoms with Gasteiger partial charge in [0, 0.05) is 6.07 Å². The van der Waals surface area contributed by atoms with E-state index in [-0.39, 0.29) is 16.7 Å². The van der Waals surface area contributed by atoms with Crippen LogP contribution in [0.25, 0.3) is 5.57 Å². The van der Waals surface area contributed by atoms with E-state index in [0.717, 1.165) is 4.90 Å². The summed E-state index contributed by atoms with van der Waals surface area (Å²) in [5.41, 5.74) is 1.04. The van der Waals surface area contributed by atoms with Crippen molar-refractivity contribution < 1.29 is 23.8 Å². The number of halogens is 1. The summed E-state index contributed by atoms with van der Waals surface area (Å²) in [6.45, 7) is 3.85. The topological polar surface area (TPSA) is 65.1 Å². The van der Waals surface area contributed by atoms with Gasteiger partial charge in [-0.25, -0.2) is 4.90 Å². The number of hydrogen-bond donors (Lipinski definition) is 0. The summed E-state index contributed by atoms with van der Waals surface area (Å²) in [5.74, 6) is 0.478. The molecule has 0 atom stereocenters. The standard InChI is InChI=1S/C21H20ClNO5/c1-12(2)28-15-8-5-13(6-9-15)18-19(22)21(25)23(20(18)24)14-7-10-16(26-3)17(11-14)27-4/h5-12H,1-4H3. The van der Waals surface area contributed by atoms with Crippen molar-refractivity contribution in [3.63, 3.8) is 0 Å². The van der Waals surface area contributed by atoms with Crippen LogP contribution in [-0.2, 0) is 9.59 Å². The van der Waals surface area contributed by atoms with Crippen LogP contribution in [0.4, 0.5) is 5.69 Å². The molecule has 7 heteroatoms. The van der Waals surface area contributed by atoms with Crippen molar-refractivity contribution in [1.82, 2.24) is 0 Å². The fourth-order valence-electron chi connectivity index (χ4n) is 2.92. The Morgan fingerprint density at radius 2 is 1.54 bits per heavy atom. The first-order valence-electron chi connectivity index (χ1n) is 8.65. The molecule has 0 saturated heterocycles. The Labute approximate surface area is 168 Å². The molecule has 0 N–H and O–H groups in total. The van der Waals surface area contributed by atoms with E-state index >= 15 is 0 Å². The molecule has 0 aliphatic carbocycles. The number of rotatable bonds is 6. The Hall–Kier alpha value is -2.99. The number of nitrogens with zero attached hydrogens (tertiary/aromatic N) is 1. The first-order chi connectivity index (χ1) is 13.4. The van der Waals surface area contributed by atoms with Crippen LogP contribution < -0.4 is 19.1 Å². The number of hydrogen-bond acceptors (Lipinski definition) is 5. The van der Waals surface area contributed by atoms with Crippen molar-refractivity contribution in [1.29, 1.82) is 0 Å². The lowest BCUT2D eigenvalue weighted by atomic mass is 10.1. The average molecular weight is 402 g/mol. The average Bonchev–Trinajstić information content (AvgIpc) is 2.90. The number of imide groups is 1. The predicted molar refractivity (Wildman–Crippen MR) is 107 cm³/mol. The Kier molecular flexibility index (Phi) is 5.61. The summed E-state index contributed by atoms with van der Waals surface area (Å²) in [6, 6.07) is 11.7. The molecule has 0 fully saturated rings. The van der Waals surface area contributed by atoms with Gasteiger partial charge in [-0.2, -0.15) is 0 Å². The number of ether oxygens (including phenoxy) is 3. The number of benzene rings is 2. The Bertz CT molecular complexity index is 950. The zero-order valence-corrected chi connectivity index (χ0v) is 16.7. The molecule has 0 radical (unpaired) electrons. The van der Waals surface area contributed by atoms with Crippen LogP contribution in [0.2, 0.25) is 0 Å². The fraction of sp³-hybridized carbons (Fsp3) is 0.238. The number of amides is 2. The quantitative estimate of drug-likeness (QED) is 0.684. The van der Waals surface area contributed by atoms with Gasteiger partial charge in [0.05, 0.1) is 31.6 Å². The lowest BCUT2D eigenvalue weighted by Crippen LogP contribution is -2.31. The molecular formula is C21H20ClNO5. The van der Waals surface area contributed by atoms with Crippen LogP contribution in [0, 0.1) is 0 Å². The summed E-state index contributed by atoms with van der Waals surface area (Å²) in [4.78, 5) is 26.7. The zero-order chi connectivity index (χ0) is 20.4. The SMILES string of the molecule is COc1ccc(N2C(=O)C(Cl)=C(c3ccc(OC(C)C)cc3)C2=O)cc1OC. The van der Waals surface area contributed by atoms with Crippen molar-refractivity contribution in [2.24, 2.45) is 0 Å². The molecule has 2 amide bonds. The van der Waals surface area contributed by atoms with Crippen molar-refractivity contribution >= 4 is 34.7 Å². The molecule has 0 unspecified atom stereocenters. The Morgan fingerprint density at radius 1 is 0.893 bits per heavy atom. The van der Waals surface area contributed by atoms with Gasteiger partial charge in [0.25, 0.3) is 11.8 Å². The van der Waals surface area contributed by atoms with Gasteiger partial charge in [0.15, 0.2) is 11.5 Å². The summed E-state index contributed by atoms with van der Waals surface area (Å²) in [7, 11) is 2.99. The molecule has 2 aromatic rings. The second-order valence-corrected chi connectivity index (χ2v) is 6.74. The van der Waals surface area contributed by atoms with E-state index in [1.54, 1.807) is 42.5 Å². The molecule has 0 aromatic heterocycles. The Balaban J connectivity index is 1.94. The van der Waals surface area contributed by atoms with Crippen LogP contribution in [0.15, 0.2) is 47.5 Å². The maximum Gasteiger partial charge on any atom is 0.277 e. The van der Waals surface area contributed by atoms with Crippen molar-refractivity contribution in [2.45, 2.75) is 20.0 Å². The summed E-state index contributed by atoms with van der Waals surface area (Å²) in [5, 5.41) is -0.127. The minimum Gasteiger partial charge on any atom is -0.493 e. The highest BCUT2D eigenvalue weighted by Gasteiger charge is 2.39. The van der Waals surface area contributed by atoms with E-state index in [4.69, 9.17) is 25.8 Å². The van der Waals surface area contributed by atoms with E-state index in [1.807, 2.05) is 13.8 Å². The molecule has 1 heterocycles. The van der Waals surface area contributed by atoms with Gasteiger partial charge >= 0.3 is 0 Å². The largest absolute Gasteiger partial charge is 0.493 e. The van der Waals surface area contributed by atoms with Crippen LogP contribution in [0.1, 0.15) is 19.4 Å². The predicted octanol–water partition coefficient (Wildman–Crippen LogP) is 4.01.